The summed E-state index contributed by atoms with van der Waals surface area (Å²) in [4.78, 5) is 0. The fourth-order valence-corrected chi connectivity index (χ4v) is 3.39. The first-order valence-corrected chi connectivity index (χ1v) is 16.0. The fraction of sp³-hybridized carbons (Fsp3) is 1.00. The van der Waals surface area contributed by atoms with Crippen molar-refractivity contribution in [2.24, 2.45) is 0 Å². The van der Waals surface area contributed by atoms with Crippen molar-refractivity contribution < 1.29 is 127 Å². The molecule has 0 amide bonds. The average Bonchev–Trinajstić information content (AvgIpc) is 3.09. The summed E-state index contributed by atoms with van der Waals surface area (Å²) >= 11 is 0. The van der Waals surface area contributed by atoms with Crippen LogP contribution < -0.4 is 0 Å². The second kappa shape index (κ2) is 25.1. The second-order valence-corrected chi connectivity index (χ2v) is 10.5. The SMILES string of the molecule is OCCOCCOCCOCCOCCOCCOCCOCCOCCOCCOC(F)(F)C(F)(F)C(F)(F)C(F)(F)C(F)(F)C(F)(F)C(F)(F)C(F)(F)F. The quantitative estimate of drug-likeness (QED) is 0.0670. The predicted molar refractivity (Wildman–Crippen MR) is 151 cm³/mol. The van der Waals surface area contributed by atoms with Crippen molar-refractivity contribution in [1.29, 1.82) is 0 Å². The summed E-state index contributed by atoms with van der Waals surface area (Å²) in [6, 6.07) is 0. The van der Waals surface area contributed by atoms with Gasteiger partial charge in [-0.1, -0.05) is 0 Å². The lowest BCUT2D eigenvalue weighted by atomic mass is 9.90. The van der Waals surface area contributed by atoms with Crippen molar-refractivity contribution in [3.05, 3.63) is 0 Å². The zero-order valence-electron chi connectivity index (χ0n) is 29.1. The molecule has 0 fully saturated rings. The average molecular weight is 877 g/mol. The van der Waals surface area contributed by atoms with E-state index in [2.05, 4.69) is 9.47 Å². The Morgan fingerprint density at radius 2 is 0.446 bits per heavy atom. The smallest absolute Gasteiger partial charge is 0.394 e. The lowest BCUT2D eigenvalue weighted by Crippen LogP contribution is -2.74. The highest BCUT2D eigenvalue weighted by Gasteiger charge is 2.95. The van der Waals surface area contributed by atoms with Gasteiger partial charge in [0.2, 0.25) is 0 Å². The molecule has 0 spiro atoms. The van der Waals surface area contributed by atoms with E-state index in [1.54, 1.807) is 0 Å². The van der Waals surface area contributed by atoms with Crippen LogP contribution in [0.3, 0.4) is 0 Å². The van der Waals surface area contributed by atoms with Crippen LogP contribution in [0.15, 0.2) is 0 Å². The van der Waals surface area contributed by atoms with Gasteiger partial charge in [-0.15, -0.1) is 0 Å². The molecule has 0 aromatic carbocycles. The van der Waals surface area contributed by atoms with Gasteiger partial charge in [-0.2, -0.15) is 74.6 Å². The van der Waals surface area contributed by atoms with Crippen LogP contribution in [-0.2, 0) is 47.4 Å². The van der Waals surface area contributed by atoms with E-state index in [4.69, 9.17) is 43.0 Å². The zero-order chi connectivity index (χ0) is 43.2. The molecule has 0 unspecified atom stereocenters. The van der Waals surface area contributed by atoms with Crippen LogP contribution in [0.5, 0.6) is 0 Å². The lowest BCUT2D eigenvalue weighted by molar-refractivity contribution is -0.477. The molecule has 0 bridgehead atoms. The van der Waals surface area contributed by atoms with E-state index in [9.17, 15) is 74.6 Å². The van der Waals surface area contributed by atoms with Gasteiger partial charge in [-0.05, 0) is 0 Å². The van der Waals surface area contributed by atoms with Gasteiger partial charge in [0.05, 0.1) is 132 Å². The number of halogens is 17. The molecule has 1 N–H and O–H groups in total. The molecule has 28 heteroatoms. The Labute approximate surface area is 307 Å². The summed E-state index contributed by atoms with van der Waals surface area (Å²) in [6.07, 6.45) is -14.8. The Kier molecular flexibility index (Phi) is 24.4. The molecule has 0 saturated carbocycles. The molecule has 0 atom stereocenters. The van der Waals surface area contributed by atoms with Crippen LogP contribution in [0, 0.1) is 0 Å². The summed E-state index contributed by atoms with van der Waals surface area (Å²) in [7, 11) is 0. The topological polar surface area (TPSA) is 113 Å². The maximum Gasteiger partial charge on any atom is 0.460 e. The van der Waals surface area contributed by atoms with E-state index in [1.807, 2.05) is 0 Å². The molecule has 338 valence electrons. The zero-order valence-corrected chi connectivity index (χ0v) is 29.1. The van der Waals surface area contributed by atoms with Gasteiger partial charge in [-0.3, -0.25) is 0 Å². The van der Waals surface area contributed by atoms with Crippen LogP contribution in [0.1, 0.15) is 0 Å². The van der Waals surface area contributed by atoms with Gasteiger partial charge in [0.25, 0.3) is 0 Å². The van der Waals surface area contributed by atoms with Crippen molar-refractivity contribution in [3.8, 4) is 0 Å². The first-order valence-electron chi connectivity index (χ1n) is 16.0. The monoisotopic (exact) mass is 876 g/mol. The Morgan fingerprint density at radius 3 is 0.679 bits per heavy atom. The third-order valence-electron chi connectivity index (χ3n) is 6.42. The van der Waals surface area contributed by atoms with Crippen LogP contribution in [-0.4, -0.2) is 185 Å². The van der Waals surface area contributed by atoms with E-state index < -0.39 is 67.6 Å². The highest BCUT2D eigenvalue weighted by molar-refractivity contribution is 5.14. The number of rotatable bonds is 36. The van der Waals surface area contributed by atoms with Crippen LogP contribution in [0.25, 0.3) is 0 Å². The molecule has 0 rings (SSSR count). The van der Waals surface area contributed by atoms with Crippen molar-refractivity contribution in [2.75, 3.05) is 132 Å². The Balaban J connectivity index is 4.11. The van der Waals surface area contributed by atoms with Crippen LogP contribution >= 0.6 is 0 Å². The number of hydrogen-bond donors (Lipinski definition) is 1. The number of aliphatic hydroxyl groups excluding tert-OH is 1. The third kappa shape index (κ3) is 15.9. The van der Waals surface area contributed by atoms with Crippen molar-refractivity contribution in [1.82, 2.24) is 0 Å². The number of alkyl halides is 17. The molecule has 0 aliphatic heterocycles. The van der Waals surface area contributed by atoms with E-state index in [0.717, 1.165) is 0 Å². The van der Waals surface area contributed by atoms with Crippen molar-refractivity contribution in [3.63, 3.8) is 0 Å². The molecular formula is C28H41F17O11. The van der Waals surface area contributed by atoms with Gasteiger partial charge in [0.15, 0.2) is 0 Å². The largest absolute Gasteiger partial charge is 0.460 e. The first kappa shape index (κ1) is 54.4. The highest BCUT2D eigenvalue weighted by Crippen LogP contribution is 2.64. The molecule has 56 heavy (non-hydrogen) atoms. The van der Waals surface area contributed by atoms with Crippen LogP contribution in [0.4, 0.5) is 74.6 Å². The molecule has 0 aromatic heterocycles. The Hall–Kier alpha value is -1.63. The minimum absolute atomic E-state index is 0.00356. The van der Waals surface area contributed by atoms with Gasteiger partial charge in [0.1, 0.15) is 0 Å². The maximum atomic E-state index is 13.7. The number of ether oxygens (including phenoxy) is 10. The predicted octanol–water partition coefficient (Wildman–Crippen LogP) is 5.11. The summed E-state index contributed by atoms with van der Waals surface area (Å²) < 4.78 is 274. The standard InChI is InChI=1S/C28H41F17O11/c29-21(30,23(33,34)25(37,38)27(41,42)43)22(31,32)24(35,36)26(39,40)28(44,45)56-20-19-55-18-17-54-16-15-53-14-13-52-12-11-51-10-9-50-8-7-49-6-5-48-4-3-47-2-1-46/h46H,1-20H2. The molecule has 0 aliphatic rings. The van der Waals surface area contributed by atoms with E-state index in [1.165, 1.54) is 0 Å². The Bertz CT molecular complexity index is 1030. The molecule has 11 nitrogen and oxygen atoms in total. The lowest BCUT2D eigenvalue weighted by Gasteiger charge is -2.42. The molecule has 0 saturated heterocycles. The molecular weight excluding hydrogens is 835 g/mol. The molecule has 0 radical (unpaired) electrons. The molecule has 0 aromatic rings. The number of aliphatic hydroxyl groups is 1. The minimum atomic E-state index is -8.70. The summed E-state index contributed by atoms with van der Waals surface area (Å²) in [5, 5.41) is 8.54. The van der Waals surface area contributed by atoms with Gasteiger partial charge in [-0.25, -0.2) is 0 Å². The third-order valence-corrected chi connectivity index (χ3v) is 6.42. The van der Waals surface area contributed by atoms with Gasteiger partial charge in [0, 0.05) is 0 Å². The Morgan fingerprint density at radius 1 is 0.250 bits per heavy atom. The van der Waals surface area contributed by atoms with E-state index >= 15 is 0 Å². The second-order valence-electron chi connectivity index (χ2n) is 10.5. The normalized spacial score (nSPS) is 14.2. The van der Waals surface area contributed by atoms with Crippen LogP contribution in [0.2, 0.25) is 0 Å². The summed E-state index contributed by atoms with van der Waals surface area (Å²) in [6.45, 7) is -0.247. The fourth-order valence-electron chi connectivity index (χ4n) is 3.39. The van der Waals surface area contributed by atoms with E-state index in [-0.39, 0.29) is 59.5 Å². The first-order chi connectivity index (χ1) is 25.8. The highest BCUT2D eigenvalue weighted by atomic mass is 19.4. The minimum Gasteiger partial charge on any atom is -0.394 e. The van der Waals surface area contributed by atoms with Gasteiger partial charge < -0.3 is 52.5 Å². The van der Waals surface area contributed by atoms with Crippen molar-refractivity contribution >= 4 is 0 Å². The maximum absolute atomic E-state index is 13.7. The molecule has 0 aliphatic carbocycles. The van der Waals surface area contributed by atoms with E-state index in [0.29, 0.717) is 52.9 Å². The summed E-state index contributed by atoms with van der Waals surface area (Å²) in [5.41, 5.74) is 0. The number of hydrogen-bond acceptors (Lipinski definition) is 11. The molecule has 0 heterocycles. The summed E-state index contributed by atoms with van der Waals surface area (Å²) in [5.74, 6) is -50.5. The van der Waals surface area contributed by atoms with Gasteiger partial charge >= 0.3 is 47.8 Å². The van der Waals surface area contributed by atoms with Crippen molar-refractivity contribution in [2.45, 2.75) is 47.8 Å².